The number of likely N-dealkylation sites (N-methyl/N-ethyl adjacent to an activating group) is 1. The predicted molar refractivity (Wildman–Crippen MR) is 85.4 cm³/mol. The highest BCUT2D eigenvalue weighted by molar-refractivity contribution is 5.83. The van der Waals surface area contributed by atoms with Gasteiger partial charge in [-0.1, -0.05) is 18.2 Å². The lowest BCUT2D eigenvalue weighted by Gasteiger charge is -2.32. The number of nitrogens with zero attached hydrogens (tertiary/aromatic N) is 2. The van der Waals surface area contributed by atoms with E-state index in [-0.39, 0.29) is 5.91 Å². The third-order valence-corrected chi connectivity index (χ3v) is 4.51. The topological polar surface area (TPSA) is 39.3 Å². The summed E-state index contributed by atoms with van der Waals surface area (Å²) >= 11 is 0. The Bertz CT molecular complexity index is 624. The number of piperidine rings is 1. The van der Waals surface area contributed by atoms with Crippen molar-refractivity contribution in [1.82, 2.24) is 14.8 Å². The van der Waals surface area contributed by atoms with Gasteiger partial charge in [-0.05, 0) is 43.5 Å². The maximum absolute atomic E-state index is 11.8. The van der Waals surface area contributed by atoms with Crippen molar-refractivity contribution in [1.29, 1.82) is 0 Å². The van der Waals surface area contributed by atoms with Gasteiger partial charge in [-0.2, -0.15) is 0 Å². The molecule has 3 rings (SSSR count). The maximum atomic E-state index is 11.8. The molecule has 1 aliphatic rings. The summed E-state index contributed by atoms with van der Waals surface area (Å²) in [6.07, 6.45) is 4.42. The number of fused-ring (bicyclic) bond motifs is 1. The average Bonchev–Trinajstić information content (AvgIpc) is 2.92. The van der Waals surface area contributed by atoms with E-state index in [1.54, 1.807) is 4.90 Å². The van der Waals surface area contributed by atoms with Crippen molar-refractivity contribution in [2.45, 2.75) is 18.8 Å². The summed E-state index contributed by atoms with van der Waals surface area (Å²) in [4.78, 5) is 19.1. The lowest BCUT2D eigenvalue weighted by Crippen LogP contribution is -2.40. The van der Waals surface area contributed by atoms with E-state index in [1.807, 2.05) is 14.1 Å². The molecule has 1 fully saturated rings. The summed E-state index contributed by atoms with van der Waals surface area (Å²) < 4.78 is 0. The Kier molecular flexibility index (Phi) is 3.97. The van der Waals surface area contributed by atoms with Crippen LogP contribution in [0.1, 0.15) is 24.3 Å². The first-order valence-electron chi connectivity index (χ1n) is 7.63. The van der Waals surface area contributed by atoms with E-state index >= 15 is 0 Å². The van der Waals surface area contributed by atoms with Crippen LogP contribution in [0.2, 0.25) is 0 Å². The Balaban J connectivity index is 1.65. The molecular formula is C17H23N3O. The Morgan fingerprint density at radius 1 is 1.29 bits per heavy atom. The largest absolute Gasteiger partial charge is 0.361 e. The summed E-state index contributed by atoms with van der Waals surface area (Å²) in [6, 6.07) is 8.50. The second-order valence-electron chi connectivity index (χ2n) is 6.13. The highest BCUT2D eigenvalue weighted by atomic mass is 16.2. The standard InChI is InChI=1S/C17H23N3O/c1-19(2)17(21)12-20-9-7-13(8-10-20)15-11-18-16-6-4-3-5-14(15)16/h3-6,11,13,18H,7-10,12H2,1-2H3. The number of rotatable bonds is 3. The second kappa shape index (κ2) is 5.90. The number of carbonyl (C=O) groups excluding carboxylic acids is 1. The van der Waals surface area contributed by atoms with Crippen molar-refractivity contribution in [3.63, 3.8) is 0 Å². The smallest absolute Gasteiger partial charge is 0.236 e. The molecule has 0 bridgehead atoms. The van der Waals surface area contributed by atoms with Crippen LogP contribution >= 0.6 is 0 Å². The van der Waals surface area contributed by atoms with Crippen molar-refractivity contribution in [2.75, 3.05) is 33.7 Å². The number of aromatic nitrogens is 1. The molecule has 4 heteroatoms. The van der Waals surface area contributed by atoms with E-state index < -0.39 is 0 Å². The first-order valence-corrected chi connectivity index (χ1v) is 7.63. The second-order valence-corrected chi connectivity index (χ2v) is 6.13. The van der Waals surface area contributed by atoms with Crippen LogP contribution in [0.15, 0.2) is 30.5 Å². The van der Waals surface area contributed by atoms with E-state index in [4.69, 9.17) is 0 Å². The van der Waals surface area contributed by atoms with Crippen LogP contribution in [0, 0.1) is 0 Å². The quantitative estimate of drug-likeness (QED) is 0.941. The lowest BCUT2D eigenvalue weighted by molar-refractivity contribution is -0.130. The molecule has 2 heterocycles. The van der Waals surface area contributed by atoms with Gasteiger partial charge in [-0.15, -0.1) is 0 Å². The van der Waals surface area contributed by atoms with Crippen molar-refractivity contribution < 1.29 is 4.79 Å². The summed E-state index contributed by atoms with van der Waals surface area (Å²) in [5, 5.41) is 1.35. The zero-order valence-corrected chi connectivity index (χ0v) is 12.8. The monoisotopic (exact) mass is 285 g/mol. The third kappa shape index (κ3) is 2.95. The van der Waals surface area contributed by atoms with Crippen molar-refractivity contribution in [2.24, 2.45) is 0 Å². The van der Waals surface area contributed by atoms with Crippen LogP contribution in [0.3, 0.4) is 0 Å². The molecular weight excluding hydrogens is 262 g/mol. The SMILES string of the molecule is CN(C)C(=O)CN1CCC(c2c[nH]c3ccccc23)CC1. The minimum atomic E-state index is 0.195. The summed E-state index contributed by atoms with van der Waals surface area (Å²) in [5.41, 5.74) is 2.65. The molecule has 1 aromatic heterocycles. The third-order valence-electron chi connectivity index (χ3n) is 4.51. The number of likely N-dealkylation sites (tertiary alicyclic amines) is 1. The first kappa shape index (κ1) is 14.1. The number of hydrogen-bond donors (Lipinski definition) is 1. The van der Waals surface area contributed by atoms with Gasteiger partial charge in [0.25, 0.3) is 0 Å². The van der Waals surface area contributed by atoms with E-state index in [0.717, 1.165) is 25.9 Å². The summed E-state index contributed by atoms with van der Waals surface area (Å²) in [6.45, 7) is 2.56. The lowest BCUT2D eigenvalue weighted by atomic mass is 9.89. The molecule has 0 spiro atoms. The molecule has 1 saturated heterocycles. The van der Waals surface area contributed by atoms with Crippen LogP contribution in [0.5, 0.6) is 0 Å². The summed E-state index contributed by atoms with van der Waals surface area (Å²) in [7, 11) is 3.64. The number of para-hydroxylation sites is 1. The number of aromatic amines is 1. The Labute approximate surface area is 125 Å². The Morgan fingerprint density at radius 2 is 2.00 bits per heavy atom. The highest BCUT2D eigenvalue weighted by Gasteiger charge is 2.24. The van der Waals surface area contributed by atoms with E-state index in [1.165, 1.54) is 16.5 Å². The van der Waals surface area contributed by atoms with Crippen LogP contribution in [0.4, 0.5) is 0 Å². The molecule has 2 aromatic rings. The minimum Gasteiger partial charge on any atom is -0.361 e. The van der Waals surface area contributed by atoms with E-state index in [2.05, 4.69) is 40.3 Å². The Morgan fingerprint density at radius 3 is 2.71 bits per heavy atom. The number of hydrogen-bond acceptors (Lipinski definition) is 2. The fourth-order valence-electron chi connectivity index (χ4n) is 3.17. The molecule has 1 aromatic carbocycles. The van der Waals surface area contributed by atoms with Gasteiger partial charge in [0.2, 0.25) is 5.91 Å². The zero-order valence-electron chi connectivity index (χ0n) is 12.8. The maximum Gasteiger partial charge on any atom is 0.236 e. The van der Waals surface area contributed by atoms with Crippen LogP contribution < -0.4 is 0 Å². The van der Waals surface area contributed by atoms with Gasteiger partial charge < -0.3 is 9.88 Å². The van der Waals surface area contributed by atoms with E-state index in [9.17, 15) is 4.79 Å². The van der Waals surface area contributed by atoms with Gasteiger partial charge >= 0.3 is 0 Å². The number of nitrogens with one attached hydrogen (secondary N) is 1. The number of H-pyrrole nitrogens is 1. The van der Waals surface area contributed by atoms with E-state index in [0.29, 0.717) is 12.5 Å². The molecule has 1 aliphatic heterocycles. The van der Waals surface area contributed by atoms with Gasteiger partial charge in [0.1, 0.15) is 0 Å². The molecule has 0 radical (unpaired) electrons. The first-order chi connectivity index (χ1) is 10.1. The molecule has 1 N–H and O–H groups in total. The highest BCUT2D eigenvalue weighted by Crippen LogP contribution is 2.32. The van der Waals surface area contributed by atoms with Gasteiger partial charge in [0.05, 0.1) is 6.54 Å². The summed E-state index contributed by atoms with van der Waals surface area (Å²) in [5.74, 6) is 0.799. The normalized spacial score (nSPS) is 17.2. The van der Waals surface area contributed by atoms with Crippen LogP contribution in [-0.2, 0) is 4.79 Å². The molecule has 0 saturated carbocycles. The fraction of sp³-hybridized carbons (Fsp3) is 0.471. The molecule has 4 nitrogen and oxygen atoms in total. The molecule has 0 aliphatic carbocycles. The number of amides is 1. The number of carbonyl (C=O) groups is 1. The zero-order chi connectivity index (χ0) is 14.8. The predicted octanol–water partition coefficient (Wildman–Crippen LogP) is 2.44. The minimum absolute atomic E-state index is 0.195. The van der Waals surface area contributed by atoms with Crippen molar-refractivity contribution in [3.8, 4) is 0 Å². The van der Waals surface area contributed by atoms with Crippen molar-refractivity contribution in [3.05, 3.63) is 36.0 Å². The molecule has 112 valence electrons. The van der Waals surface area contributed by atoms with Crippen LogP contribution in [-0.4, -0.2) is 54.4 Å². The van der Waals surface area contributed by atoms with Crippen LogP contribution in [0.25, 0.3) is 10.9 Å². The van der Waals surface area contributed by atoms with Crippen molar-refractivity contribution >= 4 is 16.8 Å². The fourth-order valence-corrected chi connectivity index (χ4v) is 3.17. The van der Waals surface area contributed by atoms with Gasteiger partial charge in [0, 0.05) is 31.2 Å². The van der Waals surface area contributed by atoms with Gasteiger partial charge in [-0.25, -0.2) is 0 Å². The molecule has 1 amide bonds. The molecule has 21 heavy (non-hydrogen) atoms. The van der Waals surface area contributed by atoms with Gasteiger partial charge in [0.15, 0.2) is 0 Å². The average molecular weight is 285 g/mol. The Hall–Kier alpha value is -1.81. The molecule has 0 atom stereocenters. The van der Waals surface area contributed by atoms with Gasteiger partial charge in [-0.3, -0.25) is 9.69 Å². The molecule has 0 unspecified atom stereocenters. The number of benzene rings is 1.